The normalized spacial score (nSPS) is 12.1. The molecule has 1 unspecified atom stereocenters. The number of carbonyl (C=O) groups is 1. The molecule has 0 amide bonds. The molecule has 1 N–H and O–H groups in total. The highest BCUT2D eigenvalue weighted by molar-refractivity contribution is 6.35. The summed E-state index contributed by atoms with van der Waals surface area (Å²) in [5.74, 6) is -0.862. The molecule has 7 nitrogen and oxygen atoms in total. The SMILES string of the molecule is COC(Oc1ccc(Cl)c2ncc(Cc3ccc(-n4cccn4)cc3)c(C)c12)C(=O)O. The van der Waals surface area contributed by atoms with Gasteiger partial charge in [0.2, 0.25) is 0 Å². The van der Waals surface area contributed by atoms with Gasteiger partial charge in [-0.3, -0.25) is 4.98 Å². The third-order valence-electron chi connectivity index (χ3n) is 5.05. The van der Waals surface area contributed by atoms with Gasteiger partial charge in [0.05, 0.1) is 16.2 Å². The summed E-state index contributed by atoms with van der Waals surface area (Å²) in [7, 11) is 1.28. The summed E-state index contributed by atoms with van der Waals surface area (Å²) in [5.41, 5.74) is 4.53. The zero-order valence-electron chi connectivity index (χ0n) is 16.9. The number of fused-ring (bicyclic) bond motifs is 1. The summed E-state index contributed by atoms with van der Waals surface area (Å²) >= 11 is 6.34. The van der Waals surface area contributed by atoms with Crippen LogP contribution in [0.2, 0.25) is 5.02 Å². The molecule has 2 aromatic carbocycles. The molecule has 4 rings (SSSR count). The van der Waals surface area contributed by atoms with Crippen molar-refractivity contribution in [1.82, 2.24) is 14.8 Å². The summed E-state index contributed by atoms with van der Waals surface area (Å²) in [4.78, 5) is 15.9. The number of halogens is 1. The Bertz CT molecular complexity index is 1220. The summed E-state index contributed by atoms with van der Waals surface area (Å²) in [6, 6.07) is 13.2. The monoisotopic (exact) mass is 437 g/mol. The van der Waals surface area contributed by atoms with Gasteiger partial charge in [0.25, 0.3) is 6.29 Å². The van der Waals surface area contributed by atoms with Crippen LogP contribution >= 0.6 is 11.6 Å². The molecule has 4 aromatic rings. The average Bonchev–Trinajstić information content (AvgIpc) is 3.30. The van der Waals surface area contributed by atoms with Gasteiger partial charge >= 0.3 is 5.97 Å². The Morgan fingerprint density at radius 3 is 2.65 bits per heavy atom. The van der Waals surface area contributed by atoms with E-state index in [1.165, 1.54) is 7.11 Å². The van der Waals surface area contributed by atoms with Gasteiger partial charge in [0, 0.05) is 31.1 Å². The summed E-state index contributed by atoms with van der Waals surface area (Å²) < 4.78 is 12.3. The quantitative estimate of drug-likeness (QED) is 0.431. The van der Waals surface area contributed by atoms with Crippen LogP contribution in [0.5, 0.6) is 5.75 Å². The van der Waals surface area contributed by atoms with Crippen LogP contribution in [0.15, 0.2) is 61.1 Å². The summed E-state index contributed by atoms with van der Waals surface area (Å²) in [6.07, 6.45) is 4.64. The number of ether oxygens (including phenoxy) is 2. The van der Waals surface area contributed by atoms with Crippen LogP contribution < -0.4 is 4.74 Å². The number of rotatable bonds is 7. The Kier molecular flexibility index (Phi) is 5.88. The highest BCUT2D eigenvalue weighted by Crippen LogP contribution is 2.35. The van der Waals surface area contributed by atoms with Crippen molar-refractivity contribution in [3.63, 3.8) is 0 Å². The van der Waals surface area contributed by atoms with Gasteiger partial charge in [0.1, 0.15) is 5.75 Å². The van der Waals surface area contributed by atoms with E-state index in [1.54, 1.807) is 29.2 Å². The molecule has 2 heterocycles. The molecular formula is C23H20ClN3O4. The molecule has 1 atom stereocenters. The van der Waals surface area contributed by atoms with Crippen LogP contribution in [0.1, 0.15) is 16.7 Å². The number of hydrogen-bond acceptors (Lipinski definition) is 5. The highest BCUT2D eigenvalue weighted by Gasteiger charge is 2.21. The number of hydrogen-bond donors (Lipinski definition) is 1. The average molecular weight is 438 g/mol. The smallest absolute Gasteiger partial charge is 0.373 e. The van der Waals surface area contributed by atoms with E-state index in [0.717, 1.165) is 22.4 Å². The van der Waals surface area contributed by atoms with Crippen molar-refractivity contribution in [2.75, 3.05) is 7.11 Å². The standard InChI is InChI=1S/C23H20ClN3O4/c1-14-16(12-15-4-6-17(7-5-15)27-11-3-10-26-27)13-25-21-18(24)8-9-19(20(14)21)31-23(30-2)22(28)29/h3-11,13,23H,12H2,1-2H3,(H,28,29). The second-order valence-corrected chi connectivity index (χ2v) is 7.40. The molecule has 0 aliphatic rings. The summed E-state index contributed by atoms with van der Waals surface area (Å²) in [6.45, 7) is 1.95. The number of carboxylic acids is 1. The Morgan fingerprint density at radius 1 is 1.23 bits per heavy atom. The number of aryl methyl sites for hydroxylation is 1. The van der Waals surface area contributed by atoms with Crippen molar-refractivity contribution in [3.05, 3.63) is 82.8 Å². The van der Waals surface area contributed by atoms with Gasteiger partial charge in [-0.05, 0) is 60.4 Å². The van der Waals surface area contributed by atoms with E-state index in [9.17, 15) is 9.90 Å². The maximum Gasteiger partial charge on any atom is 0.373 e. The zero-order chi connectivity index (χ0) is 22.0. The first kappa shape index (κ1) is 20.8. The van der Waals surface area contributed by atoms with E-state index in [2.05, 4.69) is 10.1 Å². The van der Waals surface area contributed by atoms with Crippen molar-refractivity contribution in [1.29, 1.82) is 0 Å². The molecule has 0 spiro atoms. The van der Waals surface area contributed by atoms with Gasteiger partial charge in [0.15, 0.2) is 0 Å². The Labute approximate surface area is 183 Å². The number of carboxylic acid groups (broad SMARTS) is 1. The molecule has 0 bridgehead atoms. The van der Waals surface area contributed by atoms with E-state index >= 15 is 0 Å². The molecule has 0 aliphatic carbocycles. The first-order valence-corrected chi connectivity index (χ1v) is 9.93. The molecule has 0 saturated heterocycles. The van der Waals surface area contributed by atoms with Crippen LogP contribution in [-0.2, 0) is 16.0 Å². The predicted octanol–water partition coefficient (Wildman–Crippen LogP) is 4.41. The molecule has 0 aliphatic heterocycles. The molecule has 0 radical (unpaired) electrons. The highest BCUT2D eigenvalue weighted by atomic mass is 35.5. The van der Waals surface area contributed by atoms with Gasteiger partial charge in [-0.2, -0.15) is 5.10 Å². The van der Waals surface area contributed by atoms with Crippen molar-refractivity contribution in [2.24, 2.45) is 0 Å². The van der Waals surface area contributed by atoms with E-state index in [0.29, 0.717) is 28.1 Å². The molecule has 8 heteroatoms. The van der Waals surface area contributed by atoms with Crippen LogP contribution in [0.25, 0.3) is 16.6 Å². The number of methoxy groups -OCH3 is 1. The maximum absolute atomic E-state index is 11.3. The number of nitrogens with zero attached hydrogens (tertiary/aromatic N) is 3. The molecule has 0 saturated carbocycles. The Hall–Kier alpha value is -3.42. The lowest BCUT2D eigenvalue weighted by molar-refractivity contribution is -0.166. The van der Waals surface area contributed by atoms with E-state index in [-0.39, 0.29) is 0 Å². The van der Waals surface area contributed by atoms with Crippen molar-refractivity contribution in [3.8, 4) is 11.4 Å². The van der Waals surface area contributed by atoms with Crippen LogP contribution in [-0.4, -0.2) is 39.2 Å². The van der Waals surface area contributed by atoms with Crippen molar-refractivity contribution >= 4 is 28.5 Å². The van der Waals surface area contributed by atoms with Gasteiger partial charge < -0.3 is 14.6 Å². The van der Waals surface area contributed by atoms with Gasteiger partial charge in [-0.1, -0.05) is 23.7 Å². The minimum absolute atomic E-state index is 0.356. The van der Waals surface area contributed by atoms with Crippen molar-refractivity contribution < 1.29 is 19.4 Å². The van der Waals surface area contributed by atoms with Crippen LogP contribution in [0.3, 0.4) is 0 Å². The third kappa shape index (κ3) is 4.23. The second-order valence-electron chi connectivity index (χ2n) is 7.00. The molecule has 2 aromatic heterocycles. The zero-order valence-corrected chi connectivity index (χ0v) is 17.7. The lowest BCUT2D eigenvalue weighted by atomic mass is 9.98. The molecule has 158 valence electrons. The van der Waals surface area contributed by atoms with Crippen molar-refractivity contribution in [2.45, 2.75) is 19.6 Å². The van der Waals surface area contributed by atoms with E-state index < -0.39 is 12.3 Å². The fourth-order valence-corrected chi connectivity index (χ4v) is 3.64. The van der Waals surface area contributed by atoms with E-state index in [1.807, 2.05) is 43.5 Å². The molecule has 0 fully saturated rings. The topological polar surface area (TPSA) is 86.5 Å². The minimum Gasteiger partial charge on any atom is -0.477 e. The second kappa shape index (κ2) is 8.75. The fourth-order valence-electron chi connectivity index (χ4n) is 3.43. The number of pyridine rings is 1. The maximum atomic E-state index is 11.3. The lowest BCUT2D eigenvalue weighted by Gasteiger charge is -2.17. The Balaban J connectivity index is 1.69. The molecule has 31 heavy (non-hydrogen) atoms. The largest absolute Gasteiger partial charge is 0.477 e. The number of aliphatic carboxylic acids is 1. The number of aromatic nitrogens is 3. The molecular weight excluding hydrogens is 418 g/mol. The predicted molar refractivity (Wildman–Crippen MR) is 117 cm³/mol. The van der Waals surface area contributed by atoms with Gasteiger partial charge in [-0.15, -0.1) is 0 Å². The lowest BCUT2D eigenvalue weighted by Crippen LogP contribution is -2.28. The first-order valence-electron chi connectivity index (χ1n) is 9.56. The van der Waals surface area contributed by atoms with E-state index in [4.69, 9.17) is 21.1 Å². The minimum atomic E-state index is -1.43. The van der Waals surface area contributed by atoms with Crippen LogP contribution in [0, 0.1) is 6.92 Å². The summed E-state index contributed by atoms with van der Waals surface area (Å²) in [5, 5.41) is 14.6. The third-order valence-corrected chi connectivity index (χ3v) is 5.35. The van der Waals surface area contributed by atoms with Crippen LogP contribution in [0.4, 0.5) is 0 Å². The first-order chi connectivity index (χ1) is 15.0. The van der Waals surface area contributed by atoms with Gasteiger partial charge in [-0.25, -0.2) is 9.48 Å². The fraction of sp³-hybridized carbons (Fsp3) is 0.174. The Morgan fingerprint density at radius 2 is 2.00 bits per heavy atom. The number of benzene rings is 2.